The SMILES string of the molecule is CCCCCOc1c(Cl)cc(C(=O)N(Cc2cccc(Cl)c2)C2CCS(=O)(=O)C2)cc1Cl. The van der Waals surface area contributed by atoms with Crippen LogP contribution >= 0.6 is 34.8 Å². The summed E-state index contributed by atoms with van der Waals surface area (Å²) in [5.74, 6) is 0.00170. The van der Waals surface area contributed by atoms with Crippen LogP contribution in [-0.2, 0) is 16.4 Å². The molecule has 0 N–H and O–H groups in total. The second kappa shape index (κ2) is 11.1. The fourth-order valence-corrected chi connectivity index (χ4v) is 6.27. The number of carbonyl (C=O) groups excluding carboxylic acids is 1. The van der Waals surface area contributed by atoms with Crippen molar-refractivity contribution in [3.8, 4) is 5.75 Å². The van der Waals surface area contributed by atoms with Crippen molar-refractivity contribution in [3.63, 3.8) is 0 Å². The fraction of sp³-hybridized carbons (Fsp3) is 0.435. The van der Waals surface area contributed by atoms with E-state index < -0.39 is 15.9 Å². The van der Waals surface area contributed by atoms with Crippen LogP contribution < -0.4 is 4.74 Å². The number of unbranched alkanes of at least 4 members (excludes halogenated alkanes) is 2. The molecule has 0 bridgehead atoms. The second-order valence-corrected chi connectivity index (χ2v) is 11.4. The number of amides is 1. The standard InChI is InChI=1S/C23H26Cl3NO4S/c1-2-3-4-9-31-22-20(25)12-17(13-21(22)26)23(28)27(19-8-10-32(29,30)15-19)14-16-6-5-7-18(24)11-16/h5-7,11-13,19H,2-4,8-10,14-15H2,1H3. The number of benzene rings is 2. The topological polar surface area (TPSA) is 63.7 Å². The first kappa shape index (κ1) is 25.2. The van der Waals surface area contributed by atoms with Gasteiger partial charge in [0.15, 0.2) is 15.6 Å². The Labute approximate surface area is 204 Å². The number of rotatable bonds is 9. The van der Waals surface area contributed by atoms with E-state index >= 15 is 0 Å². The van der Waals surface area contributed by atoms with E-state index in [1.807, 2.05) is 6.07 Å². The molecule has 0 radical (unpaired) electrons. The second-order valence-electron chi connectivity index (χ2n) is 7.94. The van der Waals surface area contributed by atoms with Crippen molar-refractivity contribution in [1.29, 1.82) is 0 Å². The first-order valence-corrected chi connectivity index (χ1v) is 13.5. The molecule has 1 unspecified atom stereocenters. The van der Waals surface area contributed by atoms with Crippen molar-refractivity contribution in [2.45, 2.75) is 45.2 Å². The summed E-state index contributed by atoms with van der Waals surface area (Å²) in [6.07, 6.45) is 3.37. The van der Waals surface area contributed by atoms with Crippen LogP contribution in [0.25, 0.3) is 0 Å². The van der Waals surface area contributed by atoms with Crippen molar-refractivity contribution >= 4 is 50.5 Å². The van der Waals surface area contributed by atoms with Crippen LogP contribution in [0.1, 0.15) is 48.5 Å². The number of carbonyl (C=O) groups is 1. The highest BCUT2D eigenvalue weighted by molar-refractivity contribution is 7.91. The van der Waals surface area contributed by atoms with Gasteiger partial charge in [-0.3, -0.25) is 4.79 Å². The van der Waals surface area contributed by atoms with E-state index in [4.69, 9.17) is 39.5 Å². The van der Waals surface area contributed by atoms with Gasteiger partial charge in [0.2, 0.25) is 0 Å². The molecule has 1 fully saturated rings. The van der Waals surface area contributed by atoms with Crippen molar-refractivity contribution in [2.75, 3.05) is 18.1 Å². The molecule has 1 aliphatic rings. The molecule has 0 aliphatic carbocycles. The van der Waals surface area contributed by atoms with E-state index in [0.29, 0.717) is 23.8 Å². The maximum absolute atomic E-state index is 13.5. The maximum Gasteiger partial charge on any atom is 0.254 e. The Balaban J connectivity index is 1.87. The lowest BCUT2D eigenvalue weighted by atomic mass is 10.1. The maximum atomic E-state index is 13.5. The van der Waals surface area contributed by atoms with Gasteiger partial charge in [-0.1, -0.05) is 66.7 Å². The number of nitrogens with zero attached hydrogens (tertiary/aromatic N) is 1. The summed E-state index contributed by atoms with van der Waals surface area (Å²) in [7, 11) is -3.19. The Hall–Kier alpha value is -1.47. The van der Waals surface area contributed by atoms with Crippen LogP contribution in [0, 0.1) is 0 Å². The van der Waals surface area contributed by atoms with E-state index in [1.54, 1.807) is 23.1 Å². The summed E-state index contributed by atoms with van der Waals surface area (Å²) in [6.45, 7) is 2.82. The highest BCUT2D eigenvalue weighted by Crippen LogP contribution is 2.35. The summed E-state index contributed by atoms with van der Waals surface area (Å²) < 4.78 is 29.9. The zero-order valence-corrected chi connectivity index (χ0v) is 20.9. The smallest absolute Gasteiger partial charge is 0.254 e. The van der Waals surface area contributed by atoms with Crippen LogP contribution in [0.3, 0.4) is 0 Å². The van der Waals surface area contributed by atoms with Crippen LogP contribution in [0.5, 0.6) is 5.75 Å². The Morgan fingerprint density at radius 3 is 2.44 bits per heavy atom. The Morgan fingerprint density at radius 1 is 1.12 bits per heavy atom. The summed E-state index contributed by atoms with van der Waals surface area (Å²) >= 11 is 18.9. The van der Waals surface area contributed by atoms with Gasteiger partial charge in [-0.15, -0.1) is 0 Å². The average molecular weight is 519 g/mol. The van der Waals surface area contributed by atoms with Gasteiger partial charge in [0.1, 0.15) is 0 Å². The highest BCUT2D eigenvalue weighted by atomic mass is 35.5. The molecule has 0 saturated carbocycles. The van der Waals surface area contributed by atoms with E-state index in [2.05, 4.69) is 6.92 Å². The van der Waals surface area contributed by atoms with E-state index in [-0.39, 0.29) is 39.6 Å². The summed E-state index contributed by atoms with van der Waals surface area (Å²) in [5, 5.41) is 1.04. The van der Waals surface area contributed by atoms with Gasteiger partial charge < -0.3 is 9.64 Å². The molecule has 2 aromatic carbocycles. The summed E-state index contributed by atoms with van der Waals surface area (Å²) in [6, 6.07) is 9.77. The van der Waals surface area contributed by atoms with Gasteiger partial charge in [0.05, 0.1) is 28.2 Å². The molecule has 3 rings (SSSR count). The number of hydrogen-bond donors (Lipinski definition) is 0. The minimum atomic E-state index is -3.19. The predicted octanol–water partition coefficient (Wildman–Crippen LogP) is 6.05. The van der Waals surface area contributed by atoms with E-state index in [9.17, 15) is 13.2 Å². The zero-order chi connectivity index (χ0) is 23.3. The fourth-order valence-electron chi connectivity index (χ4n) is 3.73. The van der Waals surface area contributed by atoms with Crippen LogP contribution in [-0.4, -0.2) is 43.4 Å². The van der Waals surface area contributed by atoms with E-state index in [1.165, 1.54) is 12.1 Å². The number of halogens is 3. The zero-order valence-electron chi connectivity index (χ0n) is 17.8. The summed E-state index contributed by atoms with van der Waals surface area (Å²) in [5.41, 5.74) is 1.09. The average Bonchev–Trinajstić information content (AvgIpc) is 3.09. The van der Waals surface area contributed by atoms with Crippen molar-refractivity contribution in [1.82, 2.24) is 4.90 Å². The first-order valence-electron chi connectivity index (χ1n) is 10.6. The Morgan fingerprint density at radius 2 is 1.84 bits per heavy atom. The van der Waals surface area contributed by atoms with Gasteiger partial charge in [-0.05, 0) is 42.7 Å². The van der Waals surface area contributed by atoms with Gasteiger partial charge in [0, 0.05) is 23.2 Å². The number of ether oxygens (including phenoxy) is 1. The van der Waals surface area contributed by atoms with Gasteiger partial charge >= 0.3 is 0 Å². The Bertz CT molecular complexity index is 1050. The molecule has 1 saturated heterocycles. The lowest BCUT2D eigenvalue weighted by Crippen LogP contribution is -2.40. The highest BCUT2D eigenvalue weighted by Gasteiger charge is 2.35. The third kappa shape index (κ3) is 6.53. The monoisotopic (exact) mass is 517 g/mol. The molecule has 1 heterocycles. The molecule has 0 spiro atoms. The van der Waals surface area contributed by atoms with Crippen molar-refractivity contribution < 1.29 is 17.9 Å². The number of sulfone groups is 1. The lowest BCUT2D eigenvalue weighted by Gasteiger charge is -2.29. The first-order chi connectivity index (χ1) is 15.2. The summed E-state index contributed by atoms with van der Waals surface area (Å²) in [4.78, 5) is 15.1. The molecule has 1 aliphatic heterocycles. The third-order valence-electron chi connectivity index (χ3n) is 5.39. The largest absolute Gasteiger partial charge is 0.490 e. The molecule has 1 atom stereocenters. The normalized spacial score (nSPS) is 17.3. The quantitative estimate of drug-likeness (QED) is 0.379. The van der Waals surface area contributed by atoms with Gasteiger partial charge in [-0.2, -0.15) is 0 Å². The molecular weight excluding hydrogens is 493 g/mol. The molecule has 1 amide bonds. The van der Waals surface area contributed by atoms with Crippen molar-refractivity contribution in [2.24, 2.45) is 0 Å². The molecular formula is C23H26Cl3NO4S. The molecule has 0 aromatic heterocycles. The minimum Gasteiger partial charge on any atom is -0.490 e. The van der Waals surface area contributed by atoms with Crippen LogP contribution in [0.15, 0.2) is 36.4 Å². The van der Waals surface area contributed by atoms with Gasteiger partial charge in [0.25, 0.3) is 5.91 Å². The van der Waals surface area contributed by atoms with Crippen molar-refractivity contribution in [3.05, 3.63) is 62.6 Å². The minimum absolute atomic E-state index is 0.0586. The van der Waals surface area contributed by atoms with Crippen LogP contribution in [0.2, 0.25) is 15.1 Å². The molecule has 9 heteroatoms. The Kier molecular flexibility index (Phi) is 8.73. The molecule has 32 heavy (non-hydrogen) atoms. The predicted molar refractivity (Wildman–Crippen MR) is 130 cm³/mol. The lowest BCUT2D eigenvalue weighted by molar-refractivity contribution is 0.0681. The number of hydrogen-bond acceptors (Lipinski definition) is 4. The molecule has 174 valence electrons. The van der Waals surface area contributed by atoms with Crippen LogP contribution in [0.4, 0.5) is 0 Å². The molecule has 2 aromatic rings. The third-order valence-corrected chi connectivity index (χ3v) is 7.94. The van der Waals surface area contributed by atoms with Gasteiger partial charge in [-0.25, -0.2) is 8.42 Å². The molecule has 5 nitrogen and oxygen atoms in total. The van der Waals surface area contributed by atoms with E-state index in [0.717, 1.165) is 24.8 Å².